The van der Waals surface area contributed by atoms with Crippen molar-refractivity contribution in [1.82, 2.24) is 0 Å². The minimum absolute atomic E-state index is 0.202. The van der Waals surface area contributed by atoms with Gasteiger partial charge in [-0.1, -0.05) is 0 Å². The van der Waals surface area contributed by atoms with Crippen LogP contribution in [0, 0.1) is 11.6 Å². The first-order valence-electron chi connectivity index (χ1n) is 2.58. The number of halogens is 4. The van der Waals surface area contributed by atoms with Gasteiger partial charge in [0.1, 0.15) is 11.6 Å². The summed E-state index contributed by atoms with van der Waals surface area (Å²) in [5, 5.41) is 0. The van der Waals surface area contributed by atoms with Crippen molar-refractivity contribution in [1.29, 1.82) is 0 Å². The molecule has 0 saturated heterocycles. The van der Waals surface area contributed by atoms with Gasteiger partial charge in [-0.05, 0) is 43.7 Å². The molecule has 0 aromatic heterocycles. The maximum absolute atomic E-state index is 12.7. The largest absolute Gasteiger partial charge is 0.207 e. The normalized spacial score (nSPS) is 10.2. The van der Waals surface area contributed by atoms with Crippen molar-refractivity contribution in [3.8, 4) is 0 Å². The topological polar surface area (TPSA) is 0 Å². The average Bonchev–Trinajstić information content (AvgIpc) is 1.85. The summed E-state index contributed by atoms with van der Waals surface area (Å²) in [7, 11) is 6.03. The summed E-state index contributed by atoms with van der Waals surface area (Å²) < 4.78 is 25.5. The molecular weight excluding hydrogens is 257 g/mol. The van der Waals surface area contributed by atoms with Gasteiger partial charge >= 0.3 is 0 Å². The molecule has 0 heterocycles. The van der Waals surface area contributed by atoms with E-state index in [1.807, 2.05) is 0 Å². The van der Waals surface area contributed by atoms with E-state index in [4.69, 9.17) is 10.7 Å². The van der Waals surface area contributed by atoms with Crippen molar-refractivity contribution in [2.45, 2.75) is 4.90 Å². The summed E-state index contributed by atoms with van der Waals surface area (Å²) in [6, 6.07) is 1.95. The van der Waals surface area contributed by atoms with E-state index in [1.54, 1.807) is 0 Å². The van der Waals surface area contributed by atoms with Crippen LogP contribution in [0.1, 0.15) is 0 Å². The summed E-state index contributed by atoms with van der Waals surface area (Å²) in [6.45, 7) is 0. The molecule has 0 nitrogen and oxygen atoms in total. The molecule has 1 aromatic carbocycles. The quantitative estimate of drug-likeness (QED) is 0.735. The molecule has 11 heavy (non-hydrogen) atoms. The lowest BCUT2D eigenvalue weighted by Crippen LogP contribution is -1.83. The molecule has 0 saturated carbocycles. The van der Waals surface area contributed by atoms with Crippen molar-refractivity contribution in [2.75, 3.05) is 0 Å². The first-order valence-corrected chi connectivity index (χ1v) is 5.02. The van der Waals surface area contributed by atoms with Gasteiger partial charge in [0.25, 0.3) is 0 Å². The second-order valence-corrected chi connectivity index (χ2v) is 3.66. The monoisotopic (exact) mass is 258 g/mol. The van der Waals surface area contributed by atoms with Crippen LogP contribution in [0.4, 0.5) is 8.78 Å². The summed E-state index contributed by atoms with van der Waals surface area (Å²) >= 11 is 2.97. The SMILES string of the molecule is Fc1cc(F)c(SCl)c(Br)c1. The Balaban J connectivity index is 3.25. The summed E-state index contributed by atoms with van der Waals surface area (Å²) in [5.74, 6) is -1.28. The van der Waals surface area contributed by atoms with Gasteiger partial charge in [0.05, 0.1) is 4.90 Å². The van der Waals surface area contributed by atoms with Gasteiger partial charge in [-0.3, -0.25) is 0 Å². The van der Waals surface area contributed by atoms with E-state index >= 15 is 0 Å². The highest BCUT2D eigenvalue weighted by Gasteiger charge is 2.08. The number of hydrogen-bond donors (Lipinski definition) is 0. The molecule has 60 valence electrons. The predicted octanol–water partition coefficient (Wildman–Crippen LogP) is 3.97. The zero-order valence-electron chi connectivity index (χ0n) is 5.07. The molecule has 0 amide bonds. The van der Waals surface area contributed by atoms with Crippen LogP contribution in [-0.2, 0) is 0 Å². The Hall–Kier alpha value is 0.200. The second-order valence-electron chi connectivity index (χ2n) is 1.78. The van der Waals surface area contributed by atoms with Gasteiger partial charge in [-0.15, -0.1) is 0 Å². The maximum Gasteiger partial charge on any atom is 0.142 e. The molecule has 0 radical (unpaired) electrons. The third-order valence-electron chi connectivity index (χ3n) is 1.04. The maximum atomic E-state index is 12.7. The summed E-state index contributed by atoms with van der Waals surface area (Å²) in [6.07, 6.45) is 0. The Morgan fingerprint density at radius 3 is 2.45 bits per heavy atom. The first kappa shape index (κ1) is 9.29. The van der Waals surface area contributed by atoms with Crippen LogP contribution in [0.3, 0.4) is 0 Å². The van der Waals surface area contributed by atoms with E-state index in [1.165, 1.54) is 0 Å². The standard InChI is InChI=1S/C6H2BrClF2S/c7-4-1-3(9)2-5(10)6(4)11-8/h1-2H. The number of benzene rings is 1. The highest BCUT2D eigenvalue weighted by Crippen LogP contribution is 2.33. The molecule has 0 aliphatic carbocycles. The molecule has 5 heteroatoms. The lowest BCUT2D eigenvalue weighted by molar-refractivity contribution is 0.563. The van der Waals surface area contributed by atoms with Crippen LogP contribution in [0.25, 0.3) is 0 Å². The van der Waals surface area contributed by atoms with E-state index < -0.39 is 11.6 Å². The summed E-state index contributed by atoms with van der Waals surface area (Å²) in [5.41, 5.74) is 0. The van der Waals surface area contributed by atoms with Crippen LogP contribution in [-0.4, -0.2) is 0 Å². The van der Waals surface area contributed by atoms with Crippen LogP contribution in [0.15, 0.2) is 21.5 Å². The molecule has 0 spiro atoms. The smallest absolute Gasteiger partial charge is 0.142 e. The molecular formula is C6H2BrClF2S. The van der Waals surface area contributed by atoms with E-state index in [2.05, 4.69) is 15.9 Å². The molecule has 0 aliphatic heterocycles. The van der Waals surface area contributed by atoms with Crippen LogP contribution in [0.2, 0.25) is 0 Å². The highest BCUT2D eigenvalue weighted by molar-refractivity contribution is 9.10. The van der Waals surface area contributed by atoms with Crippen LogP contribution < -0.4 is 0 Å². The lowest BCUT2D eigenvalue weighted by atomic mass is 10.3. The van der Waals surface area contributed by atoms with Crippen molar-refractivity contribution < 1.29 is 8.78 Å². The van der Waals surface area contributed by atoms with Gasteiger partial charge in [-0.25, -0.2) is 8.78 Å². The zero-order valence-corrected chi connectivity index (χ0v) is 8.23. The minimum Gasteiger partial charge on any atom is -0.207 e. The molecule has 0 unspecified atom stereocenters. The van der Waals surface area contributed by atoms with Crippen molar-refractivity contribution in [3.63, 3.8) is 0 Å². The van der Waals surface area contributed by atoms with Gasteiger partial charge in [0, 0.05) is 10.5 Å². The van der Waals surface area contributed by atoms with E-state index in [0.717, 1.165) is 12.1 Å². The predicted molar refractivity (Wildman–Crippen MR) is 45.8 cm³/mol. The third-order valence-corrected chi connectivity index (χ3v) is 2.96. The van der Waals surface area contributed by atoms with E-state index in [9.17, 15) is 8.78 Å². The van der Waals surface area contributed by atoms with Gasteiger partial charge in [0.2, 0.25) is 0 Å². The van der Waals surface area contributed by atoms with E-state index in [0.29, 0.717) is 15.4 Å². The Labute approximate surface area is 79.6 Å². The minimum atomic E-state index is -0.656. The Morgan fingerprint density at radius 1 is 1.36 bits per heavy atom. The Bertz CT molecular complexity index is 256. The van der Waals surface area contributed by atoms with Crippen molar-refractivity contribution in [3.05, 3.63) is 28.2 Å². The molecule has 0 atom stereocenters. The highest BCUT2D eigenvalue weighted by atomic mass is 79.9. The molecule has 0 aliphatic rings. The van der Waals surface area contributed by atoms with Gasteiger partial charge < -0.3 is 0 Å². The number of hydrogen-bond acceptors (Lipinski definition) is 1. The third kappa shape index (κ3) is 2.07. The Morgan fingerprint density at radius 2 is 2.00 bits per heavy atom. The van der Waals surface area contributed by atoms with E-state index in [-0.39, 0.29) is 4.90 Å². The van der Waals surface area contributed by atoms with Crippen molar-refractivity contribution >= 4 is 37.6 Å². The van der Waals surface area contributed by atoms with Gasteiger partial charge in [0.15, 0.2) is 0 Å². The molecule has 1 aromatic rings. The Kier molecular flexibility index (Phi) is 3.16. The molecule has 0 fully saturated rings. The molecule has 1 rings (SSSR count). The number of rotatable bonds is 1. The molecule has 0 N–H and O–H groups in total. The van der Waals surface area contributed by atoms with Crippen LogP contribution in [0.5, 0.6) is 0 Å². The summed E-state index contributed by atoms with van der Waals surface area (Å²) in [4.78, 5) is 0.202. The zero-order chi connectivity index (χ0) is 8.43. The second kappa shape index (κ2) is 3.74. The molecule has 0 bridgehead atoms. The van der Waals surface area contributed by atoms with Crippen molar-refractivity contribution in [2.24, 2.45) is 0 Å². The lowest BCUT2D eigenvalue weighted by Gasteiger charge is -1.99. The van der Waals surface area contributed by atoms with Gasteiger partial charge in [-0.2, -0.15) is 0 Å². The fourth-order valence-electron chi connectivity index (χ4n) is 0.603. The fraction of sp³-hybridized carbons (Fsp3) is 0. The first-order chi connectivity index (χ1) is 5.15. The average molecular weight is 260 g/mol. The fourth-order valence-corrected chi connectivity index (χ4v) is 2.27. The van der Waals surface area contributed by atoms with Crippen LogP contribution >= 0.6 is 37.6 Å².